The predicted octanol–water partition coefficient (Wildman–Crippen LogP) is 5.76. The number of hydrogen-bond acceptors (Lipinski definition) is 4. The second-order valence-corrected chi connectivity index (χ2v) is 11.2. The minimum absolute atomic E-state index is 0.419. The van der Waals surface area contributed by atoms with Gasteiger partial charge in [-0.3, -0.25) is 9.97 Å². The topological polar surface area (TPSA) is 49.8 Å². The maximum absolute atomic E-state index is 4.28. The minimum atomic E-state index is 0.419. The van der Waals surface area contributed by atoms with E-state index in [1.165, 1.54) is 44.9 Å². The van der Waals surface area contributed by atoms with E-state index in [0.717, 1.165) is 24.5 Å². The molecule has 4 heteroatoms. The molecule has 2 heterocycles. The van der Waals surface area contributed by atoms with Crippen LogP contribution in [0, 0.1) is 21.7 Å². The molecule has 2 atom stereocenters. The van der Waals surface area contributed by atoms with Crippen LogP contribution < -0.4 is 10.6 Å². The predicted molar refractivity (Wildman–Crippen MR) is 119 cm³/mol. The Labute approximate surface area is 174 Å². The summed E-state index contributed by atoms with van der Waals surface area (Å²) >= 11 is 0. The van der Waals surface area contributed by atoms with Crippen molar-refractivity contribution in [2.24, 2.45) is 21.7 Å². The number of pyridine rings is 2. The Bertz CT molecular complexity index is 832. The summed E-state index contributed by atoms with van der Waals surface area (Å²) in [5.74, 6) is 0. The molecule has 29 heavy (non-hydrogen) atoms. The van der Waals surface area contributed by atoms with E-state index in [9.17, 15) is 0 Å². The van der Waals surface area contributed by atoms with Gasteiger partial charge in [-0.05, 0) is 90.9 Å². The Hall–Kier alpha value is -2.10. The molecular weight excluding hydrogens is 356 g/mol. The average molecular weight is 391 g/mol. The van der Waals surface area contributed by atoms with E-state index in [1.807, 2.05) is 36.9 Å². The van der Waals surface area contributed by atoms with Crippen molar-refractivity contribution in [3.05, 3.63) is 49.1 Å². The summed E-state index contributed by atoms with van der Waals surface area (Å²) in [6.07, 6.45) is 17.2. The monoisotopic (exact) mass is 390 g/mol. The van der Waals surface area contributed by atoms with Crippen molar-refractivity contribution < 1.29 is 0 Å². The van der Waals surface area contributed by atoms with Crippen molar-refractivity contribution in [1.29, 1.82) is 0 Å². The highest BCUT2D eigenvalue weighted by Gasteiger charge is 2.64. The zero-order chi connectivity index (χ0) is 20.0. The van der Waals surface area contributed by atoms with E-state index in [-0.39, 0.29) is 0 Å². The molecule has 4 bridgehead atoms. The van der Waals surface area contributed by atoms with Gasteiger partial charge in [0.1, 0.15) is 0 Å². The van der Waals surface area contributed by atoms with Gasteiger partial charge in [0.05, 0.1) is 11.4 Å². The van der Waals surface area contributed by atoms with Crippen LogP contribution in [0.15, 0.2) is 49.1 Å². The van der Waals surface area contributed by atoms with Crippen LogP contribution in [0.2, 0.25) is 0 Å². The van der Waals surface area contributed by atoms with Crippen molar-refractivity contribution >= 4 is 11.4 Å². The van der Waals surface area contributed by atoms with Gasteiger partial charge in [0.2, 0.25) is 0 Å². The van der Waals surface area contributed by atoms with Crippen LogP contribution >= 0.6 is 0 Å². The molecule has 0 spiro atoms. The van der Waals surface area contributed by atoms with Crippen LogP contribution in [-0.4, -0.2) is 23.1 Å². The summed E-state index contributed by atoms with van der Waals surface area (Å²) in [5.41, 5.74) is 4.18. The molecule has 154 valence electrons. The zero-order valence-electron chi connectivity index (χ0n) is 17.9. The first-order valence-electron chi connectivity index (χ1n) is 11.2. The summed E-state index contributed by atoms with van der Waals surface area (Å²) in [6.45, 7) is 7.28. The van der Waals surface area contributed by atoms with E-state index in [2.05, 4.69) is 46.6 Å². The van der Waals surface area contributed by atoms with E-state index < -0.39 is 0 Å². The molecule has 2 unspecified atom stereocenters. The van der Waals surface area contributed by atoms with E-state index in [0.29, 0.717) is 21.7 Å². The Kier molecular flexibility index (Phi) is 4.38. The van der Waals surface area contributed by atoms with Gasteiger partial charge in [-0.1, -0.05) is 13.8 Å². The van der Waals surface area contributed by atoms with Gasteiger partial charge in [0.25, 0.3) is 0 Å². The summed E-state index contributed by atoms with van der Waals surface area (Å²) in [5, 5.41) is 7.38. The van der Waals surface area contributed by atoms with Crippen LogP contribution in [-0.2, 0) is 0 Å². The largest absolute Gasteiger partial charge is 0.384 e. The fraction of sp³-hybridized carbons (Fsp3) is 0.600. The van der Waals surface area contributed by atoms with Gasteiger partial charge >= 0.3 is 0 Å². The summed E-state index contributed by atoms with van der Waals surface area (Å²) in [4.78, 5) is 8.52. The number of aromatic nitrogens is 2. The quantitative estimate of drug-likeness (QED) is 0.631. The third kappa shape index (κ3) is 3.74. The second-order valence-electron chi connectivity index (χ2n) is 11.2. The van der Waals surface area contributed by atoms with Gasteiger partial charge < -0.3 is 10.6 Å². The molecule has 0 amide bonds. The van der Waals surface area contributed by atoms with Crippen molar-refractivity contribution in [2.75, 3.05) is 23.7 Å². The lowest BCUT2D eigenvalue weighted by molar-refractivity contribution is -0.186. The maximum Gasteiger partial charge on any atom is 0.0526 e. The maximum atomic E-state index is 4.28. The van der Waals surface area contributed by atoms with Crippen LogP contribution in [0.4, 0.5) is 11.4 Å². The van der Waals surface area contributed by atoms with Gasteiger partial charge in [-0.25, -0.2) is 0 Å². The molecule has 2 N–H and O–H groups in total. The Morgan fingerprint density at radius 3 is 1.93 bits per heavy atom. The van der Waals surface area contributed by atoms with Crippen LogP contribution in [0.1, 0.15) is 58.8 Å². The lowest BCUT2D eigenvalue weighted by atomic mass is 9.35. The smallest absolute Gasteiger partial charge is 0.0526 e. The van der Waals surface area contributed by atoms with Gasteiger partial charge in [0.15, 0.2) is 0 Å². The van der Waals surface area contributed by atoms with E-state index >= 15 is 0 Å². The first kappa shape index (κ1) is 18.9. The average Bonchev–Trinajstić information content (AvgIpc) is 2.65. The normalized spacial score (nSPS) is 37.4. The number of rotatable bonds is 7. The molecule has 2 aromatic rings. The van der Waals surface area contributed by atoms with E-state index in [1.54, 1.807) is 0 Å². The van der Waals surface area contributed by atoms with E-state index in [4.69, 9.17) is 0 Å². The van der Waals surface area contributed by atoms with Crippen molar-refractivity contribution in [1.82, 2.24) is 9.97 Å². The number of anilines is 2. The Balaban J connectivity index is 1.33. The number of nitrogens with one attached hydrogen (secondary N) is 2. The van der Waals surface area contributed by atoms with Crippen LogP contribution in [0.5, 0.6) is 0 Å². The fourth-order valence-corrected chi connectivity index (χ4v) is 8.35. The SMILES string of the molecule is CC12CC3(C)CC(CCNc4cccnc4)(C1)CC(CNc1cccnc1)(C2)C3. The first-order valence-corrected chi connectivity index (χ1v) is 11.2. The molecule has 0 aromatic carbocycles. The highest BCUT2D eigenvalue weighted by molar-refractivity contribution is 5.41. The zero-order valence-corrected chi connectivity index (χ0v) is 17.9. The van der Waals surface area contributed by atoms with Gasteiger partial charge in [0, 0.05) is 37.9 Å². The molecule has 0 radical (unpaired) electrons. The number of nitrogens with zero attached hydrogens (tertiary/aromatic N) is 2. The lowest BCUT2D eigenvalue weighted by Gasteiger charge is -2.70. The van der Waals surface area contributed by atoms with Crippen molar-refractivity contribution in [2.45, 2.75) is 58.8 Å². The second kappa shape index (κ2) is 6.72. The fourth-order valence-electron chi connectivity index (χ4n) is 8.35. The highest BCUT2D eigenvalue weighted by Crippen LogP contribution is 2.74. The molecular formula is C25H34N4. The third-order valence-corrected chi connectivity index (χ3v) is 7.79. The molecule has 0 aliphatic heterocycles. The highest BCUT2D eigenvalue weighted by atomic mass is 14.9. The summed E-state index contributed by atoms with van der Waals surface area (Å²) < 4.78 is 0. The van der Waals surface area contributed by atoms with Gasteiger partial charge in [-0.15, -0.1) is 0 Å². The summed E-state index contributed by atoms with van der Waals surface area (Å²) in [6, 6.07) is 8.30. The Morgan fingerprint density at radius 2 is 1.34 bits per heavy atom. The first-order chi connectivity index (χ1) is 13.9. The van der Waals surface area contributed by atoms with Crippen molar-refractivity contribution in [3.8, 4) is 0 Å². The minimum Gasteiger partial charge on any atom is -0.384 e. The molecule has 0 saturated heterocycles. The molecule has 4 nitrogen and oxygen atoms in total. The molecule has 2 aromatic heterocycles. The lowest BCUT2D eigenvalue weighted by Crippen LogP contribution is -2.61. The Morgan fingerprint density at radius 1 is 0.759 bits per heavy atom. The van der Waals surface area contributed by atoms with Crippen LogP contribution in [0.25, 0.3) is 0 Å². The molecule has 4 aliphatic rings. The number of hydrogen-bond donors (Lipinski definition) is 2. The third-order valence-electron chi connectivity index (χ3n) is 7.79. The standard InChI is InChI=1S/C25H34N4/c1-22-13-23(2)15-24(14-22,7-10-28-20-5-3-8-26-11-20)18-25(16-22,17-23)19-29-21-6-4-9-27-12-21/h3-6,8-9,11-12,28-29H,7,10,13-19H2,1-2H3. The van der Waals surface area contributed by atoms with Gasteiger partial charge in [-0.2, -0.15) is 0 Å². The summed E-state index contributed by atoms with van der Waals surface area (Å²) in [7, 11) is 0. The van der Waals surface area contributed by atoms with Crippen molar-refractivity contribution in [3.63, 3.8) is 0 Å². The molecule has 4 saturated carbocycles. The van der Waals surface area contributed by atoms with Crippen LogP contribution in [0.3, 0.4) is 0 Å². The molecule has 4 fully saturated rings. The molecule has 6 rings (SSSR count). The molecule has 4 aliphatic carbocycles.